The van der Waals surface area contributed by atoms with Gasteiger partial charge in [0.1, 0.15) is 23.5 Å². The molecule has 4 fully saturated rings. The van der Waals surface area contributed by atoms with Crippen molar-refractivity contribution in [1.29, 1.82) is 0 Å². The number of nitrogens with one attached hydrogen (secondary N) is 2. The lowest BCUT2D eigenvalue weighted by Crippen LogP contribution is -2.48. The van der Waals surface area contributed by atoms with E-state index in [0.717, 1.165) is 110 Å². The minimum Gasteiger partial charge on any atom is -0.343 e. The maximum absolute atomic E-state index is 12.7. The molecule has 6 heterocycles. The van der Waals surface area contributed by atoms with Crippen molar-refractivity contribution in [3.63, 3.8) is 0 Å². The molecule has 4 aliphatic heterocycles. The van der Waals surface area contributed by atoms with Crippen LogP contribution in [0.3, 0.4) is 0 Å². The summed E-state index contributed by atoms with van der Waals surface area (Å²) in [5.41, 5.74) is 9.63. The van der Waals surface area contributed by atoms with Gasteiger partial charge in [-0.25, -0.2) is 19.6 Å². The predicted octanol–water partition coefficient (Wildman–Crippen LogP) is 6.13. The highest BCUT2D eigenvalue weighted by Gasteiger charge is 2.59. The van der Waals surface area contributed by atoms with Crippen LogP contribution in [0.1, 0.15) is 109 Å². The van der Waals surface area contributed by atoms with Crippen molar-refractivity contribution in [2.45, 2.75) is 100 Å². The summed E-state index contributed by atoms with van der Waals surface area (Å²) >= 11 is 0. The first-order valence-electron chi connectivity index (χ1n) is 17.8. The number of rotatable bonds is 3. The molecule has 2 saturated heterocycles. The van der Waals surface area contributed by atoms with Crippen LogP contribution < -0.4 is 0 Å². The maximum atomic E-state index is 12.7. The quantitative estimate of drug-likeness (QED) is 0.263. The average molecular weight is 637 g/mol. The molecule has 2 saturated carbocycles. The van der Waals surface area contributed by atoms with Gasteiger partial charge in [-0.1, -0.05) is 36.4 Å². The van der Waals surface area contributed by atoms with Crippen molar-refractivity contribution in [1.82, 2.24) is 29.7 Å². The first kappa shape index (κ1) is 28.7. The molecule has 5 unspecified atom stereocenters. The van der Waals surface area contributed by atoms with E-state index >= 15 is 0 Å². The second-order valence-corrected chi connectivity index (χ2v) is 15.0. The lowest BCUT2D eigenvalue weighted by Gasteiger charge is -2.42. The van der Waals surface area contributed by atoms with Crippen LogP contribution >= 0.6 is 0 Å². The van der Waals surface area contributed by atoms with Gasteiger partial charge in [-0.05, 0) is 112 Å². The Bertz CT molecular complexity index is 2100. The van der Waals surface area contributed by atoms with Gasteiger partial charge in [0.2, 0.25) is 0 Å². The molecule has 8 heteroatoms. The molecule has 4 bridgehead atoms. The third kappa shape index (κ3) is 3.39. The molecular formula is C40H40N6O2. The zero-order chi connectivity index (χ0) is 32.4. The van der Waals surface area contributed by atoms with Crippen LogP contribution in [0.2, 0.25) is 0 Å². The Balaban J connectivity index is 1.08. The average Bonchev–Trinajstić information content (AvgIpc) is 3.94. The number of fused-ring (bicyclic) bond motifs is 14. The number of hydrogen-bond donors (Lipinski definition) is 2. The number of benzene rings is 2. The summed E-state index contributed by atoms with van der Waals surface area (Å²) in [7, 11) is 0. The van der Waals surface area contributed by atoms with Crippen molar-refractivity contribution in [2.75, 3.05) is 13.1 Å². The van der Waals surface area contributed by atoms with Gasteiger partial charge < -0.3 is 9.97 Å². The van der Waals surface area contributed by atoms with Gasteiger partial charge in [0.15, 0.2) is 0 Å². The normalized spacial score (nSPS) is 31.9. The smallest absolute Gasteiger partial charge is 0.124 e. The van der Waals surface area contributed by atoms with Crippen LogP contribution in [0.4, 0.5) is 0 Å². The van der Waals surface area contributed by atoms with Gasteiger partial charge in [0.25, 0.3) is 0 Å². The van der Waals surface area contributed by atoms with E-state index in [-0.39, 0.29) is 24.2 Å². The molecule has 2 aromatic heterocycles. The lowest BCUT2D eigenvalue weighted by molar-refractivity contribution is 0.149. The fourth-order valence-electron chi connectivity index (χ4n) is 11.4. The van der Waals surface area contributed by atoms with Gasteiger partial charge in [0.05, 0.1) is 34.3 Å². The van der Waals surface area contributed by atoms with Crippen LogP contribution in [0.25, 0.3) is 11.1 Å². The third-order valence-electron chi connectivity index (χ3n) is 13.5. The lowest BCUT2D eigenvalue weighted by atomic mass is 9.68. The zero-order valence-electron chi connectivity index (χ0n) is 27.6. The van der Waals surface area contributed by atoms with Crippen molar-refractivity contribution in [2.24, 2.45) is 0 Å². The number of carbonyl (C=O) groups excluding carboxylic acids is 2. The number of nitrogens with zero attached hydrogens (tertiary/aromatic N) is 4. The first-order chi connectivity index (χ1) is 23.5. The molecule has 2 N–H and O–H groups in total. The Kier molecular flexibility index (Phi) is 6.03. The molecule has 2 aromatic carbocycles. The number of H-pyrrole nitrogens is 2. The molecule has 0 radical (unpaired) electrons. The molecule has 242 valence electrons. The van der Waals surface area contributed by atoms with E-state index in [1.165, 1.54) is 22.3 Å². The molecule has 4 aromatic rings. The summed E-state index contributed by atoms with van der Waals surface area (Å²) in [6.45, 7) is 6.49. The molecule has 0 amide bonds. The van der Waals surface area contributed by atoms with E-state index in [9.17, 15) is 9.59 Å². The van der Waals surface area contributed by atoms with Crippen LogP contribution in [-0.4, -0.2) is 66.8 Å². The van der Waals surface area contributed by atoms with Crippen LogP contribution in [0.15, 0.2) is 59.9 Å². The predicted molar refractivity (Wildman–Crippen MR) is 182 cm³/mol. The van der Waals surface area contributed by atoms with E-state index in [2.05, 4.69) is 81.9 Å². The highest BCUT2D eigenvalue weighted by Crippen LogP contribution is 2.58. The maximum Gasteiger partial charge on any atom is 0.124 e. The van der Waals surface area contributed by atoms with Gasteiger partial charge in [-0.3, -0.25) is 9.80 Å². The Morgan fingerprint density at radius 1 is 0.708 bits per heavy atom. The number of imidazole rings is 2. The minimum absolute atomic E-state index is 0.202. The Labute approximate surface area is 280 Å². The standard InChI is InChI=1S/C40H40N6O2/c1-23-24(2)30(40-28(22-48)12-16-36(40)46-18-4-6-32(46)38-42-20-34(40)44-38)14-13-29(23)25-7-9-26(10-8-25)39-27(21-47)11-15-35(39)45-17-3-5-31(45)37-41-19-33(39)43-37/h7-10,13-14,19-20,31-32,35-36H,3-6,11-12,15-18H2,1-2H3,(H,41,43)(H,42,44)/t31?,32?,35?,36?,39?,40-/m0/s1. The summed E-state index contributed by atoms with van der Waals surface area (Å²) in [5.74, 6) is 6.90. The molecule has 10 rings (SSSR count). The number of aromatic nitrogens is 4. The minimum atomic E-state index is -0.576. The third-order valence-corrected chi connectivity index (χ3v) is 13.5. The van der Waals surface area contributed by atoms with E-state index in [1.807, 2.05) is 12.4 Å². The zero-order valence-corrected chi connectivity index (χ0v) is 27.6. The van der Waals surface area contributed by atoms with Gasteiger partial charge >= 0.3 is 0 Å². The van der Waals surface area contributed by atoms with Gasteiger partial charge in [-0.2, -0.15) is 0 Å². The largest absolute Gasteiger partial charge is 0.343 e. The van der Waals surface area contributed by atoms with Crippen molar-refractivity contribution in [3.8, 4) is 11.1 Å². The SMILES string of the molecule is Cc1c(-c2ccc(C34C(=C=O)CCC3N3CCCC3c3ncc4[nH]3)cc2)ccc([C@]23C(=C=O)CCC2N2CCCC2c2ncc3[nH]2)c1C. The van der Waals surface area contributed by atoms with Crippen molar-refractivity contribution in [3.05, 3.63) is 105 Å². The molecule has 2 aliphatic carbocycles. The topological polar surface area (TPSA) is 98.0 Å². The van der Waals surface area contributed by atoms with Crippen LogP contribution in [0.5, 0.6) is 0 Å². The summed E-state index contributed by atoms with van der Waals surface area (Å²) < 4.78 is 0. The van der Waals surface area contributed by atoms with E-state index in [0.29, 0.717) is 0 Å². The highest BCUT2D eigenvalue weighted by atomic mass is 16.1. The molecule has 8 nitrogen and oxygen atoms in total. The van der Waals surface area contributed by atoms with Crippen molar-refractivity contribution < 1.29 is 9.59 Å². The molecular weight excluding hydrogens is 596 g/mol. The summed E-state index contributed by atoms with van der Waals surface area (Å²) in [6.07, 6.45) is 11.8. The van der Waals surface area contributed by atoms with E-state index < -0.39 is 10.8 Å². The fourth-order valence-corrected chi connectivity index (χ4v) is 11.4. The van der Waals surface area contributed by atoms with Crippen molar-refractivity contribution >= 4 is 11.9 Å². The Morgan fingerprint density at radius 2 is 1.27 bits per heavy atom. The second kappa shape index (κ2) is 10.1. The van der Waals surface area contributed by atoms with Gasteiger partial charge in [0, 0.05) is 35.6 Å². The molecule has 48 heavy (non-hydrogen) atoms. The van der Waals surface area contributed by atoms with Crippen LogP contribution in [-0.2, 0) is 20.4 Å². The van der Waals surface area contributed by atoms with E-state index in [1.54, 1.807) is 0 Å². The van der Waals surface area contributed by atoms with Crippen LogP contribution in [0, 0.1) is 13.8 Å². The fraction of sp³-hybridized carbons (Fsp3) is 0.450. The summed E-state index contributed by atoms with van der Waals surface area (Å²) in [4.78, 5) is 47.6. The molecule has 0 spiro atoms. The Hall–Kier alpha value is -4.32. The monoisotopic (exact) mass is 636 g/mol. The number of aromatic amines is 2. The summed E-state index contributed by atoms with van der Waals surface area (Å²) in [6, 6.07) is 14.4. The van der Waals surface area contributed by atoms with Gasteiger partial charge in [-0.15, -0.1) is 0 Å². The first-order valence-corrected chi connectivity index (χ1v) is 17.8. The molecule has 6 atom stereocenters. The number of hydrogen-bond acceptors (Lipinski definition) is 6. The molecule has 6 aliphatic rings. The highest BCUT2D eigenvalue weighted by molar-refractivity contribution is 5.74. The second-order valence-electron chi connectivity index (χ2n) is 15.0. The summed E-state index contributed by atoms with van der Waals surface area (Å²) in [5, 5.41) is 0. The Morgan fingerprint density at radius 3 is 1.88 bits per heavy atom. The van der Waals surface area contributed by atoms with E-state index in [4.69, 9.17) is 9.97 Å².